The zero-order chi connectivity index (χ0) is 21.8. The molecule has 11 heteroatoms. The molecule has 0 bridgehead atoms. The van der Waals surface area contributed by atoms with Gasteiger partial charge in [0, 0.05) is 37.9 Å². The molecule has 1 aliphatic rings. The Morgan fingerprint density at radius 3 is 2.23 bits per heavy atom. The van der Waals surface area contributed by atoms with Crippen LogP contribution in [0.15, 0.2) is 36.4 Å². The first-order valence-corrected chi connectivity index (χ1v) is 9.12. The number of halogens is 1. The topological polar surface area (TPSA) is 119 Å². The van der Waals surface area contributed by atoms with Crippen LogP contribution in [0.4, 0.5) is 27.1 Å². The molecule has 3 rings (SSSR count). The van der Waals surface area contributed by atoms with Crippen molar-refractivity contribution in [1.82, 2.24) is 0 Å². The first kappa shape index (κ1) is 21.0. The van der Waals surface area contributed by atoms with Crippen molar-refractivity contribution in [2.24, 2.45) is 0 Å². The molecule has 0 spiro atoms. The molecule has 0 unspecified atom stereocenters. The fraction of sp³-hybridized carbons (Fsp3) is 0.316. The third-order valence-corrected chi connectivity index (χ3v) is 4.89. The van der Waals surface area contributed by atoms with E-state index >= 15 is 0 Å². The predicted octanol–water partition coefficient (Wildman–Crippen LogP) is 3.15. The molecule has 2 aromatic rings. The monoisotopic (exact) mass is 418 g/mol. The summed E-state index contributed by atoms with van der Waals surface area (Å²) in [6.07, 6.45) is 0.603. The van der Waals surface area contributed by atoms with E-state index in [0.717, 1.165) is 24.9 Å². The maximum absolute atomic E-state index is 13.2. The van der Waals surface area contributed by atoms with E-state index < -0.39 is 27.2 Å². The summed E-state index contributed by atoms with van der Waals surface area (Å²) < 4.78 is 17.9. The van der Waals surface area contributed by atoms with Crippen LogP contribution in [-0.2, 0) is 4.74 Å². The number of carbonyl (C=O) groups is 1. The van der Waals surface area contributed by atoms with Crippen LogP contribution >= 0.6 is 0 Å². The van der Waals surface area contributed by atoms with Gasteiger partial charge in [0.15, 0.2) is 0 Å². The highest BCUT2D eigenvalue weighted by Crippen LogP contribution is 2.37. The SMILES string of the molecule is COC(=O)c1cc([N+](=O)[O-])cc([N+](=O)[O-])c1N1CCCN(c2ccc(F)cc2)CC1. The van der Waals surface area contributed by atoms with Crippen LogP contribution in [0.2, 0.25) is 0 Å². The number of methoxy groups -OCH3 is 1. The third kappa shape index (κ3) is 4.29. The molecule has 0 radical (unpaired) electrons. The van der Waals surface area contributed by atoms with Gasteiger partial charge in [0.25, 0.3) is 11.4 Å². The first-order chi connectivity index (χ1) is 14.3. The van der Waals surface area contributed by atoms with Crippen molar-refractivity contribution >= 4 is 28.7 Å². The molecule has 0 atom stereocenters. The minimum absolute atomic E-state index is 0.00148. The molecule has 0 N–H and O–H groups in total. The van der Waals surface area contributed by atoms with Crippen LogP contribution in [-0.4, -0.2) is 49.1 Å². The second kappa shape index (κ2) is 8.72. The maximum Gasteiger partial charge on any atom is 0.340 e. The Hall–Kier alpha value is -3.76. The number of esters is 1. The zero-order valence-corrected chi connectivity index (χ0v) is 16.1. The molecular formula is C19H19FN4O6. The Kier molecular flexibility index (Phi) is 6.09. The quantitative estimate of drug-likeness (QED) is 0.413. The highest BCUT2D eigenvalue weighted by molar-refractivity contribution is 5.99. The van der Waals surface area contributed by atoms with E-state index in [2.05, 4.69) is 0 Å². The van der Waals surface area contributed by atoms with E-state index in [-0.39, 0.29) is 17.1 Å². The molecule has 1 aliphatic heterocycles. The van der Waals surface area contributed by atoms with Gasteiger partial charge in [-0.2, -0.15) is 0 Å². The van der Waals surface area contributed by atoms with E-state index in [9.17, 15) is 29.4 Å². The average Bonchev–Trinajstić information content (AvgIpc) is 2.98. The lowest BCUT2D eigenvalue weighted by Gasteiger charge is -2.25. The molecule has 1 fully saturated rings. The Balaban J connectivity index is 1.99. The molecule has 158 valence electrons. The van der Waals surface area contributed by atoms with Crippen molar-refractivity contribution in [3.63, 3.8) is 0 Å². The third-order valence-electron chi connectivity index (χ3n) is 4.89. The average molecular weight is 418 g/mol. The number of hydrogen-bond acceptors (Lipinski definition) is 8. The lowest BCUT2D eigenvalue weighted by Crippen LogP contribution is -2.32. The van der Waals surface area contributed by atoms with Crippen molar-refractivity contribution in [3.05, 3.63) is 68.0 Å². The number of nitro benzene ring substituents is 2. The summed E-state index contributed by atoms with van der Waals surface area (Å²) in [6.45, 7) is 1.79. The van der Waals surface area contributed by atoms with E-state index in [1.54, 1.807) is 17.0 Å². The number of nitro groups is 2. The zero-order valence-electron chi connectivity index (χ0n) is 16.1. The lowest BCUT2D eigenvalue weighted by molar-refractivity contribution is -0.393. The summed E-state index contributed by atoms with van der Waals surface area (Å²) in [6, 6.07) is 7.86. The number of nitrogens with zero attached hydrogens (tertiary/aromatic N) is 4. The molecule has 1 heterocycles. The van der Waals surface area contributed by atoms with E-state index in [4.69, 9.17) is 4.74 Å². The van der Waals surface area contributed by atoms with Crippen LogP contribution in [0.1, 0.15) is 16.8 Å². The molecule has 0 aromatic heterocycles. The van der Waals surface area contributed by atoms with Gasteiger partial charge >= 0.3 is 5.97 Å². The number of benzene rings is 2. The van der Waals surface area contributed by atoms with Crippen molar-refractivity contribution in [2.45, 2.75) is 6.42 Å². The molecule has 10 nitrogen and oxygen atoms in total. The number of non-ortho nitro benzene ring substituents is 1. The van der Waals surface area contributed by atoms with Gasteiger partial charge in [-0.3, -0.25) is 20.2 Å². The minimum atomic E-state index is -0.892. The minimum Gasteiger partial charge on any atom is -0.465 e. The molecule has 0 aliphatic carbocycles. The molecular weight excluding hydrogens is 399 g/mol. The largest absolute Gasteiger partial charge is 0.465 e. The second-order valence-corrected chi connectivity index (χ2v) is 6.67. The number of anilines is 2. The van der Waals surface area contributed by atoms with Crippen LogP contribution in [0, 0.1) is 26.0 Å². The summed E-state index contributed by atoms with van der Waals surface area (Å²) in [5.74, 6) is -1.24. The summed E-state index contributed by atoms with van der Waals surface area (Å²) in [5, 5.41) is 22.9. The fourth-order valence-corrected chi connectivity index (χ4v) is 3.50. The summed E-state index contributed by atoms with van der Waals surface area (Å²) >= 11 is 0. The van der Waals surface area contributed by atoms with Crippen molar-refractivity contribution in [3.8, 4) is 0 Å². The van der Waals surface area contributed by atoms with Crippen LogP contribution in [0.5, 0.6) is 0 Å². The molecule has 30 heavy (non-hydrogen) atoms. The Morgan fingerprint density at radius 2 is 1.63 bits per heavy atom. The normalized spacial score (nSPS) is 14.2. The van der Waals surface area contributed by atoms with Gasteiger partial charge in [0.1, 0.15) is 11.5 Å². The van der Waals surface area contributed by atoms with Gasteiger partial charge in [-0.15, -0.1) is 0 Å². The smallest absolute Gasteiger partial charge is 0.340 e. The maximum atomic E-state index is 13.2. The van der Waals surface area contributed by atoms with Gasteiger partial charge < -0.3 is 14.5 Å². The molecule has 2 aromatic carbocycles. The Bertz CT molecular complexity index is 982. The lowest BCUT2D eigenvalue weighted by atomic mass is 10.1. The summed E-state index contributed by atoms with van der Waals surface area (Å²) in [5.41, 5.74) is -0.509. The van der Waals surface area contributed by atoms with Gasteiger partial charge in [-0.25, -0.2) is 9.18 Å². The van der Waals surface area contributed by atoms with Gasteiger partial charge in [-0.05, 0) is 30.7 Å². The van der Waals surface area contributed by atoms with Gasteiger partial charge in [0.05, 0.1) is 28.6 Å². The summed E-state index contributed by atoms with van der Waals surface area (Å²) in [4.78, 5) is 37.3. The molecule has 0 amide bonds. The number of carbonyl (C=O) groups excluding carboxylic acids is 1. The van der Waals surface area contributed by atoms with Gasteiger partial charge in [0.2, 0.25) is 0 Å². The second-order valence-electron chi connectivity index (χ2n) is 6.67. The highest BCUT2D eigenvalue weighted by Gasteiger charge is 2.32. The fourth-order valence-electron chi connectivity index (χ4n) is 3.50. The van der Waals surface area contributed by atoms with Crippen molar-refractivity contribution in [1.29, 1.82) is 0 Å². The van der Waals surface area contributed by atoms with Crippen LogP contribution in [0.25, 0.3) is 0 Å². The molecule has 1 saturated heterocycles. The van der Waals surface area contributed by atoms with E-state index in [1.165, 1.54) is 12.1 Å². The van der Waals surface area contributed by atoms with Crippen LogP contribution < -0.4 is 9.80 Å². The number of hydrogen-bond donors (Lipinski definition) is 0. The van der Waals surface area contributed by atoms with Crippen molar-refractivity contribution in [2.75, 3.05) is 43.1 Å². The number of rotatable bonds is 5. The van der Waals surface area contributed by atoms with Crippen molar-refractivity contribution < 1.29 is 23.8 Å². The van der Waals surface area contributed by atoms with Crippen LogP contribution in [0.3, 0.4) is 0 Å². The summed E-state index contributed by atoms with van der Waals surface area (Å²) in [7, 11) is 1.11. The first-order valence-electron chi connectivity index (χ1n) is 9.12. The standard InChI is InChI=1S/C19H19FN4O6/c1-30-19(25)16-11-15(23(26)27)12-17(24(28)29)18(16)22-8-2-7-21(9-10-22)14-5-3-13(20)4-6-14/h3-6,11-12H,2,7-10H2,1H3. The Morgan fingerprint density at radius 1 is 1.00 bits per heavy atom. The van der Waals surface area contributed by atoms with Gasteiger partial charge in [-0.1, -0.05) is 0 Å². The van der Waals surface area contributed by atoms with E-state index in [0.29, 0.717) is 32.6 Å². The predicted molar refractivity (Wildman–Crippen MR) is 107 cm³/mol. The Labute approximate surface area is 170 Å². The molecule has 0 saturated carbocycles. The highest BCUT2D eigenvalue weighted by atomic mass is 19.1. The number of ether oxygens (including phenoxy) is 1. The van der Waals surface area contributed by atoms with E-state index in [1.807, 2.05) is 4.90 Å².